The van der Waals surface area contributed by atoms with Gasteiger partial charge < -0.3 is 10.1 Å². The molecule has 21 heavy (non-hydrogen) atoms. The van der Waals surface area contributed by atoms with Gasteiger partial charge in [0.15, 0.2) is 0 Å². The van der Waals surface area contributed by atoms with Crippen LogP contribution < -0.4 is 5.32 Å². The number of nitrogens with one attached hydrogen (secondary N) is 1. The maximum Gasteiger partial charge on any atom is 0.110 e. The van der Waals surface area contributed by atoms with Gasteiger partial charge in [0, 0.05) is 5.92 Å². The first-order valence-electron chi connectivity index (χ1n) is 8.54. The van der Waals surface area contributed by atoms with E-state index in [9.17, 15) is 0 Å². The van der Waals surface area contributed by atoms with Crippen molar-refractivity contribution < 1.29 is 4.74 Å². The lowest BCUT2D eigenvalue weighted by Gasteiger charge is -2.35. The minimum Gasteiger partial charge on any atom is -0.497 e. The van der Waals surface area contributed by atoms with Gasteiger partial charge in [0.1, 0.15) is 5.76 Å². The van der Waals surface area contributed by atoms with E-state index in [-0.39, 0.29) is 0 Å². The molecule has 0 saturated carbocycles. The van der Waals surface area contributed by atoms with Crippen molar-refractivity contribution in [3.63, 3.8) is 0 Å². The maximum absolute atomic E-state index is 6.00. The van der Waals surface area contributed by atoms with Gasteiger partial charge in [0.2, 0.25) is 0 Å². The molecule has 2 atom stereocenters. The summed E-state index contributed by atoms with van der Waals surface area (Å²) in [5, 5.41) is 3.76. The largest absolute Gasteiger partial charge is 0.497 e. The van der Waals surface area contributed by atoms with Crippen molar-refractivity contribution in [2.45, 2.75) is 57.4 Å². The van der Waals surface area contributed by atoms with E-state index in [0.717, 1.165) is 32.4 Å². The molecule has 0 radical (unpaired) electrons. The van der Waals surface area contributed by atoms with Crippen molar-refractivity contribution in [1.29, 1.82) is 0 Å². The SMILES string of the molecule is CCCNC(C1=CCCCO1)C1CCCc2ccccc21. The van der Waals surface area contributed by atoms with Crippen molar-refractivity contribution in [3.05, 3.63) is 47.2 Å². The molecule has 0 bridgehead atoms. The topological polar surface area (TPSA) is 21.3 Å². The summed E-state index contributed by atoms with van der Waals surface area (Å²) in [7, 11) is 0. The Labute approximate surface area is 128 Å². The van der Waals surface area contributed by atoms with Crippen LogP contribution in [0.4, 0.5) is 0 Å². The highest BCUT2D eigenvalue weighted by Gasteiger charge is 2.31. The van der Waals surface area contributed by atoms with Crippen LogP contribution in [-0.2, 0) is 11.2 Å². The van der Waals surface area contributed by atoms with Crippen LogP contribution >= 0.6 is 0 Å². The number of ether oxygens (including phenoxy) is 1. The molecule has 1 N–H and O–H groups in total. The van der Waals surface area contributed by atoms with Gasteiger partial charge in [0.25, 0.3) is 0 Å². The van der Waals surface area contributed by atoms with Crippen molar-refractivity contribution in [1.82, 2.24) is 5.32 Å². The summed E-state index contributed by atoms with van der Waals surface area (Å²) in [4.78, 5) is 0. The molecule has 1 heterocycles. The number of hydrogen-bond donors (Lipinski definition) is 1. The van der Waals surface area contributed by atoms with Crippen molar-refractivity contribution in [2.75, 3.05) is 13.2 Å². The second kappa shape index (κ2) is 7.13. The van der Waals surface area contributed by atoms with Crippen LogP contribution in [-0.4, -0.2) is 19.2 Å². The van der Waals surface area contributed by atoms with E-state index in [1.54, 1.807) is 0 Å². The zero-order valence-electron chi connectivity index (χ0n) is 13.1. The van der Waals surface area contributed by atoms with E-state index in [4.69, 9.17) is 4.74 Å². The number of hydrogen-bond acceptors (Lipinski definition) is 2. The summed E-state index contributed by atoms with van der Waals surface area (Å²) in [6.07, 6.45) is 9.58. The summed E-state index contributed by atoms with van der Waals surface area (Å²) in [5.74, 6) is 1.75. The molecule has 0 aromatic heterocycles. The van der Waals surface area contributed by atoms with E-state index >= 15 is 0 Å². The number of rotatable bonds is 5. The van der Waals surface area contributed by atoms with E-state index < -0.39 is 0 Å². The molecule has 2 aliphatic rings. The van der Waals surface area contributed by atoms with Crippen molar-refractivity contribution in [2.24, 2.45) is 0 Å². The quantitative estimate of drug-likeness (QED) is 0.876. The molecular formula is C19H27NO. The number of fused-ring (bicyclic) bond motifs is 1. The Balaban J connectivity index is 1.87. The van der Waals surface area contributed by atoms with E-state index in [2.05, 4.69) is 42.6 Å². The molecule has 2 nitrogen and oxygen atoms in total. The molecule has 0 amide bonds. The lowest BCUT2D eigenvalue weighted by Crippen LogP contribution is -2.40. The third kappa shape index (κ3) is 3.32. The van der Waals surface area contributed by atoms with Gasteiger partial charge in [-0.05, 0) is 62.3 Å². The zero-order chi connectivity index (χ0) is 14.5. The second-order valence-electron chi connectivity index (χ2n) is 6.23. The average Bonchev–Trinajstić information content (AvgIpc) is 2.56. The van der Waals surface area contributed by atoms with Crippen LogP contribution in [0.25, 0.3) is 0 Å². The Kier molecular flexibility index (Phi) is 4.97. The lowest BCUT2D eigenvalue weighted by atomic mass is 9.78. The van der Waals surface area contributed by atoms with Crippen LogP contribution in [0.5, 0.6) is 0 Å². The van der Waals surface area contributed by atoms with Gasteiger partial charge >= 0.3 is 0 Å². The summed E-state index contributed by atoms with van der Waals surface area (Å²) < 4.78 is 6.00. The minimum absolute atomic E-state index is 0.353. The summed E-state index contributed by atoms with van der Waals surface area (Å²) in [6, 6.07) is 9.33. The Morgan fingerprint density at radius 3 is 3.00 bits per heavy atom. The normalized spacial score (nSPS) is 22.9. The minimum atomic E-state index is 0.353. The highest BCUT2D eigenvalue weighted by molar-refractivity contribution is 5.35. The second-order valence-corrected chi connectivity index (χ2v) is 6.23. The predicted octanol–water partition coefficient (Wildman–Crippen LogP) is 4.17. The highest BCUT2D eigenvalue weighted by atomic mass is 16.5. The maximum atomic E-state index is 6.00. The molecule has 1 aromatic carbocycles. The molecule has 2 unspecified atom stereocenters. The monoisotopic (exact) mass is 285 g/mol. The highest BCUT2D eigenvalue weighted by Crippen LogP contribution is 2.37. The molecule has 0 fully saturated rings. The molecule has 1 aromatic rings. The van der Waals surface area contributed by atoms with Crippen LogP contribution in [0.3, 0.4) is 0 Å². The van der Waals surface area contributed by atoms with Gasteiger partial charge in [-0.15, -0.1) is 0 Å². The summed E-state index contributed by atoms with van der Waals surface area (Å²) in [6.45, 7) is 4.17. The third-order valence-corrected chi connectivity index (χ3v) is 4.70. The van der Waals surface area contributed by atoms with E-state index in [1.807, 2.05) is 0 Å². The summed E-state index contributed by atoms with van der Waals surface area (Å²) >= 11 is 0. The molecule has 114 valence electrons. The lowest BCUT2D eigenvalue weighted by molar-refractivity contribution is 0.157. The number of aryl methyl sites for hydroxylation is 1. The molecule has 0 saturated heterocycles. The van der Waals surface area contributed by atoms with Gasteiger partial charge in [0.05, 0.1) is 12.6 Å². The Morgan fingerprint density at radius 1 is 1.29 bits per heavy atom. The average molecular weight is 285 g/mol. The smallest absolute Gasteiger partial charge is 0.110 e. The summed E-state index contributed by atoms with van der Waals surface area (Å²) in [5.41, 5.74) is 3.07. The van der Waals surface area contributed by atoms with Crippen LogP contribution in [0, 0.1) is 0 Å². The van der Waals surface area contributed by atoms with Crippen LogP contribution in [0.1, 0.15) is 56.1 Å². The van der Waals surface area contributed by atoms with E-state index in [0.29, 0.717) is 12.0 Å². The Morgan fingerprint density at radius 2 is 2.19 bits per heavy atom. The van der Waals surface area contributed by atoms with Crippen molar-refractivity contribution in [3.8, 4) is 0 Å². The van der Waals surface area contributed by atoms with Gasteiger partial charge in [-0.2, -0.15) is 0 Å². The van der Waals surface area contributed by atoms with Gasteiger partial charge in [-0.3, -0.25) is 0 Å². The number of benzene rings is 1. The zero-order valence-corrected chi connectivity index (χ0v) is 13.1. The van der Waals surface area contributed by atoms with Gasteiger partial charge in [-0.25, -0.2) is 0 Å². The Bertz CT molecular complexity index is 494. The molecule has 0 spiro atoms. The van der Waals surface area contributed by atoms with Crippen molar-refractivity contribution >= 4 is 0 Å². The standard InChI is InChI=1S/C19H27NO/c1-2-13-20-19(18-12-5-6-14-21-18)17-11-7-9-15-8-3-4-10-16(15)17/h3-4,8,10,12,17,19-20H,2,5-7,9,11,13-14H2,1H3. The molecule has 1 aliphatic carbocycles. The predicted molar refractivity (Wildman–Crippen MR) is 87.5 cm³/mol. The van der Waals surface area contributed by atoms with Gasteiger partial charge in [-0.1, -0.05) is 31.2 Å². The Hall–Kier alpha value is -1.28. The molecule has 2 heteroatoms. The first-order valence-corrected chi connectivity index (χ1v) is 8.54. The fourth-order valence-corrected chi connectivity index (χ4v) is 3.67. The molecule has 3 rings (SSSR count). The fraction of sp³-hybridized carbons (Fsp3) is 0.579. The van der Waals surface area contributed by atoms with E-state index in [1.165, 1.54) is 36.1 Å². The number of allylic oxidation sites excluding steroid dienone is 1. The van der Waals surface area contributed by atoms with Crippen LogP contribution in [0.15, 0.2) is 36.1 Å². The van der Waals surface area contributed by atoms with Crippen LogP contribution in [0.2, 0.25) is 0 Å². The molecule has 1 aliphatic heterocycles. The third-order valence-electron chi connectivity index (χ3n) is 4.70. The fourth-order valence-electron chi connectivity index (χ4n) is 3.67. The first kappa shape index (κ1) is 14.6. The first-order chi connectivity index (χ1) is 10.4. The molecular weight excluding hydrogens is 258 g/mol.